The molecule has 0 bridgehead atoms. The molecule has 1 aliphatic heterocycles. The van der Waals surface area contributed by atoms with Crippen LogP contribution >= 0.6 is 11.6 Å². The summed E-state index contributed by atoms with van der Waals surface area (Å²) in [5.74, 6) is 1.14. The van der Waals surface area contributed by atoms with Gasteiger partial charge in [-0.15, -0.1) is 0 Å². The summed E-state index contributed by atoms with van der Waals surface area (Å²) in [6.07, 6.45) is 2.11. The minimum absolute atomic E-state index is 0.0273. The molecule has 1 aromatic carbocycles. The van der Waals surface area contributed by atoms with Crippen LogP contribution in [-0.2, 0) is 4.79 Å². The van der Waals surface area contributed by atoms with E-state index in [-0.39, 0.29) is 11.9 Å². The minimum Gasteiger partial charge on any atom is -0.495 e. The molecule has 0 aromatic heterocycles. The third-order valence-electron chi connectivity index (χ3n) is 4.18. The number of likely N-dealkylation sites (tertiary alicyclic amines) is 1. The quantitative estimate of drug-likeness (QED) is 0.872. The number of benzene rings is 1. The predicted octanol–water partition coefficient (Wildman–Crippen LogP) is 2.35. The van der Waals surface area contributed by atoms with Crippen molar-refractivity contribution in [1.29, 1.82) is 0 Å². The van der Waals surface area contributed by atoms with Crippen molar-refractivity contribution in [1.82, 2.24) is 4.90 Å². The fourth-order valence-electron chi connectivity index (χ4n) is 2.78. The number of amides is 1. The van der Waals surface area contributed by atoms with Crippen molar-refractivity contribution in [3.8, 4) is 5.75 Å². The number of nitrogens with zero attached hydrogens (tertiary/aromatic N) is 1. The Labute approximate surface area is 136 Å². The molecule has 0 aliphatic carbocycles. The molecule has 0 radical (unpaired) electrons. The number of halogens is 1. The lowest BCUT2D eigenvalue weighted by atomic mass is 9.91. The molecule has 122 valence electrons. The van der Waals surface area contributed by atoms with Crippen molar-refractivity contribution in [2.75, 3.05) is 32.1 Å². The molecule has 1 amide bonds. The smallest absolute Gasteiger partial charge is 0.238 e. The summed E-state index contributed by atoms with van der Waals surface area (Å²) in [5.41, 5.74) is 6.62. The van der Waals surface area contributed by atoms with E-state index in [1.807, 2.05) is 0 Å². The highest BCUT2D eigenvalue weighted by atomic mass is 35.5. The average Bonchev–Trinajstić information content (AvgIpc) is 2.48. The first kappa shape index (κ1) is 17.1. The topological polar surface area (TPSA) is 67.6 Å². The summed E-state index contributed by atoms with van der Waals surface area (Å²) in [6, 6.07) is 5.45. The van der Waals surface area contributed by atoms with Crippen LogP contribution in [0.15, 0.2) is 18.2 Å². The number of carbonyl (C=O) groups excluding carboxylic acids is 1. The second kappa shape index (κ2) is 7.81. The van der Waals surface area contributed by atoms with Gasteiger partial charge in [0, 0.05) is 11.7 Å². The molecule has 1 atom stereocenters. The highest BCUT2D eigenvalue weighted by Gasteiger charge is 2.23. The molecule has 6 heteroatoms. The zero-order chi connectivity index (χ0) is 16.1. The Morgan fingerprint density at radius 1 is 1.50 bits per heavy atom. The zero-order valence-corrected chi connectivity index (χ0v) is 13.9. The van der Waals surface area contributed by atoms with E-state index in [0.717, 1.165) is 25.9 Å². The Morgan fingerprint density at radius 2 is 2.18 bits per heavy atom. The van der Waals surface area contributed by atoms with E-state index in [9.17, 15) is 4.79 Å². The van der Waals surface area contributed by atoms with Crippen LogP contribution in [0.3, 0.4) is 0 Å². The van der Waals surface area contributed by atoms with Crippen molar-refractivity contribution in [3.05, 3.63) is 23.2 Å². The lowest BCUT2D eigenvalue weighted by Gasteiger charge is -2.33. The van der Waals surface area contributed by atoms with Gasteiger partial charge in [-0.2, -0.15) is 0 Å². The highest BCUT2D eigenvalue weighted by Crippen LogP contribution is 2.27. The predicted molar refractivity (Wildman–Crippen MR) is 89.4 cm³/mol. The van der Waals surface area contributed by atoms with Gasteiger partial charge in [0.1, 0.15) is 5.75 Å². The maximum atomic E-state index is 12.1. The van der Waals surface area contributed by atoms with Gasteiger partial charge in [0.15, 0.2) is 0 Å². The number of nitrogens with one attached hydrogen (secondary N) is 1. The second-order valence-electron chi connectivity index (χ2n) is 5.87. The Morgan fingerprint density at radius 3 is 2.73 bits per heavy atom. The van der Waals surface area contributed by atoms with Gasteiger partial charge in [-0.1, -0.05) is 11.6 Å². The number of ether oxygens (including phenoxy) is 1. The van der Waals surface area contributed by atoms with Crippen LogP contribution < -0.4 is 15.8 Å². The minimum atomic E-state index is -0.0273. The first-order valence-electron chi connectivity index (χ1n) is 7.61. The van der Waals surface area contributed by atoms with Gasteiger partial charge in [-0.3, -0.25) is 9.69 Å². The third-order valence-corrected chi connectivity index (χ3v) is 4.47. The zero-order valence-electron chi connectivity index (χ0n) is 13.1. The molecule has 1 heterocycles. The Bertz CT molecular complexity index is 514. The molecule has 1 saturated heterocycles. The maximum Gasteiger partial charge on any atom is 0.238 e. The van der Waals surface area contributed by atoms with E-state index in [2.05, 4.69) is 17.1 Å². The number of hydrogen-bond donors (Lipinski definition) is 2. The number of rotatable bonds is 5. The molecule has 0 saturated carbocycles. The van der Waals surface area contributed by atoms with Crippen LogP contribution in [0.5, 0.6) is 5.75 Å². The summed E-state index contributed by atoms with van der Waals surface area (Å²) >= 11 is 6.05. The van der Waals surface area contributed by atoms with Crippen LogP contribution in [0.2, 0.25) is 5.02 Å². The van der Waals surface area contributed by atoms with Crippen LogP contribution in [0.4, 0.5) is 5.69 Å². The van der Waals surface area contributed by atoms with Crippen LogP contribution in [0.1, 0.15) is 19.8 Å². The largest absolute Gasteiger partial charge is 0.495 e. The molecule has 1 fully saturated rings. The molecule has 5 nitrogen and oxygen atoms in total. The van der Waals surface area contributed by atoms with E-state index in [0.29, 0.717) is 28.9 Å². The first-order chi connectivity index (χ1) is 10.5. The molecule has 22 heavy (non-hydrogen) atoms. The fraction of sp³-hybridized carbons (Fsp3) is 0.562. The summed E-state index contributed by atoms with van der Waals surface area (Å²) in [7, 11) is 1.56. The molecule has 1 aliphatic rings. The van der Waals surface area contributed by atoms with Gasteiger partial charge in [-0.25, -0.2) is 0 Å². The van der Waals surface area contributed by atoms with E-state index in [1.165, 1.54) is 0 Å². The maximum absolute atomic E-state index is 12.1. The summed E-state index contributed by atoms with van der Waals surface area (Å²) < 4.78 is 5.09. The second-order valence-corrected chi connectivity index (χ2v) is 6.28. The average molecular weight is 326 g/mol. The van der Waals surface area contributed by atoms with E-state index in [4.69, 9.17) is 22.1 Å². The summed E-state index contributed by atoms with van der Waals surface area (Å²) in [4.78, 5) is 14.3. The van der Waals surface area contributed by atoms with Crippen molar-refractivity contribution >= 4 is 23.2 Å². The lowest BCUT2D eigenvalue weighted by Crippen LogP contribution is -2.42. The Balaban J connectivity index is 1.82. The van der Waals surface area contributed by atoms with E-state index >= 15 is 0 Å². The first-order valence-corrected chi connectivity index (χ1v) is 7.98. The number of hydrogen-bond acceptors (Lipinski definition) is 4. The fourth-order valence-corrected chi connectivity index (χ4v) is 3.04. The van der Waals surface area contributed by atoms with Gasteiger partial charge < -0.3 is 15.8 Å². The van der Waals surface area contributed by atoms with Crippen LogP contribution in [0, 0.1) is 5.92 Å². The number of anilines is 1. The standard InChI is InChI=1S/C16H24ClN3O2/c1-11(18)12-5-7-20(8-6-12)10-16(21)19-13-3-4-15(22-2)14(17)9-13/h3-4,9,11-12H,5-8,10,18H2,1-2H3,(H,19,21). The van der Waals surface area contributed by atoms with Crippen LogP contribution in [-0.4, -0.2) is 43.6 Å². The van der Waals surface area contributed by atoms with Gasteiger partial charge in [0.2, 0.25) is 5.91 Å². The number of piperidine rings is 1. The normalized spacial score (nSPS) is 18.0. The monoisotopic (exact) mass is 325 g/mol. The number of nitrogens with two attached hydrogens (primary N) is 1. The molecular weight excluding hydrogens is 302 g/mol. The van der Waals surface area contributed by atoms with Crippen LogP contribution in [0.25, 0.3) is 0 Å². The molecule has 3 N–H and O–H groups in total. The molecule has 1 aromatic rings. The highest BCUT2D eigenvalue weighted by molar-refractivity contribution is 6.32. The van der Waals surface area contributed by atoms with Gasteiger partial charge in [-0.05, 0) is 57.0 Å². The number of carbonyl (C=O) groups is 1. The molecule has 0 spiro atoms. The third kappa shape index (κ3) is 4.60. The lowest BCUT2D eigenvalue weighted by molar-refractivity contribution is -0.117. The van der Waals surface area contributed by atoms with E-state index < -0.39 is 0 Å². The Kier molecular flexibility index (Phi) is 6.06. The van der Waals surface area contributed by atoms with Crippen molar-refractivity contribution < 1.29 is 9.53 Å². The van der Waals surface area contributed by atoms with Gasteiger partial charge in [0.25, 0.3) is 0 Å². The molecular formula is C16H24ClN3O2. The van der Waals surface area contributed by atoms with Crippen molar-refractivity contribution in [2.24, 2.45) is 11.7 Å². The van der Waals surface area contributed by atoms with Gasteiger partial charge >= 0.3 is 0 Å². The number of methoxy groups -OCH3 is 1. The van der Waals surface area contributed by atoms with Crippen molar-refractivity contribution in [3.63, 3.8) is 0 Å². The van der Waals surface area contributed by atoms with Gasteiger partial charge in [0.05, 0.1) is 18.7 Å². The summed E-state index contributed by atoms with van der Waals surface area (Å²) in [6.45, 7) is 4.29. The summed E-state index contributed by atoms with van der Waals surface area (Å²) in [5, 5.41) is 3.35. The molecule has 1 unspecified atom stereocenters. The van der Waals surface area contributed by atoms with E-state index in [1.54, 1.807) is 25.3 Å². The SMILES string of the molecule is COc1ccc(NC(=O)CN2CCC(C(C)N)CC2)cc1Cl. The Hall–Kier alpha value is -1.30. The molecule has 2 rings (SSSR count). The van der Waals surface area contributed by atoms with Crippen molar-refractivity contribution in [2.45, 2.75) is 25.8 Å².